The third-order valence-electron chi connectivity index (χ3n) is 1.22. The van der Waals surface area contributed by atoms with Gasteiger partial charge in [-0.05, 0) is 24.6 Å². The number of hydrogen-bond donors (Lipinski definition) is 1. The number of aliphatic hydroxyl groups excluding tert-OH is 1. The van der Waals surface area contributed by atoms with Crippen molar-refractivity contribution in [3.8, 4) is 5.40 Å². The Labute approximate surface area is 66.2 Å². The monoisotopic (exact) mass is 159 g/mol. The molecule has 0 heterocycles. The van der Waals surface area contributed by atoms with Crippen molar-refractivity contribution < 1.29 is 5.11 Å². The molecule has 2 nitrogen and oxygen atoms in total. The van der Waals surface area contributed by atoms with E-state index in [1.807, 2.05) is 5.40 Å². The minimum absolute atomic E-state index is 0.297. The maximum Gasteiger partial charge on any atom is 0.133 e. The first kappa shape index (κ1) is 9.80. The summed E-state index contributed by atoms with van der Waals surface area (Å²) >= 11 is 1.31. The second-order valence-electron chi connectivity index (χ2n) is 2.08. The van der Waals surface area contributed by atoms with Crippen LogP contribution in [0.3, 0.4) is 0 Å². The van der Waals surface area contributed by atoms with Crippen LogP contribution in [0.25, 0.3) is 0 Å². The van der Waals surface area contributed by atoms with Gasteiger partial charge in [-0.25, -0.2) is 0 Å². The first-order chi connectivity index (χ1) is 4.91. The van der Waals surface area contributed by atoms with Crippen LogP contribution in [0.2, 0.25) is 0 Å². The molecule has 10 heavy (non-hydrogen) atoms. The highest BCUT2D eigenvalue weighted by Gasteiger charge is 1.88. The molecular formula is C7H13NOS. The molecule has 0 aliphatic heterocycles. The van der Waals surface area contributed by atoms with Crippen LogP contribution in [-0.2, 0) is 0 Å². The second kappa shape index (κ2) is 8.80. The lowest BCUT2D eigenvalue weighted by Crippen LogP contribution is -1.84. The average Bonchev–Trinajstić information content (AvgIpc) is 1.97. The molecule has 0 aromatic heterocycles. The maximum atomic E-state index is 8.41. The Bertz CT molecular complexity index is 100. The maximum absolute atomic E-state index is 8.41. The number of unbranched alkanes of at least 4 members (excludes halogenated alkanes) is 3. The van der Waals surface area contributed by atoms with Gasteiger partial charge in [0.25, 0.3) is 0 Å². The summed E-state index contributed by atoms with van der Waals surface area (Å²) in [7, 11) is 0. The summed E-state index contributed by atoms with van der Waals surface area (Å²) in [5.74, 6) is 0.932. The molecule has 58 valence electrons. The van der Waals surface area contributed by atoms with E-state index in [9.17, 15) is 0 Å². The first-order valence-electron chi connectivity index (χ1n) is 3.53. The molecule has 0 bridgehead atoms. The largest absolute Gasteiger partial charge is 0.396 e. The zero-order chi connectivity index (χ0) is 7.66. The molecule has 0 amide bonds. The SMILES string of the molecule is N#CSCCCCCCO. The summed E-state index contributed by atoms with van der Waals surface area (Å²) in [6.45, 7) is 0.297. The van der Waals surface area contributed by atoms with Gasteiger partial charge in [-0.3, -0.25) is 0 Å². The molecular weight excluding hydrogens is 146 g/mol. The molecule has 0 atom stereocenters. The first-order valence-corrected chi connectivity index (χ1v) is 4.52. The summed E-state index contributed by atoms with van der Waals surface area (Å²) in [6.07, 6.45) is 4.22. The summed E-state index contributed by atoms with van der Waals surface area (Å²) < 4.78 is 0. The molecule has 0 unspecified atom stereocenters. The minimum Gasteiger partial charge on any atom is -0.396 e. The Kier molecular flexibility index (Phi) is 8.62. The van der Waals surface area contributed by atoms with Gasteiger partial charge in [0.15, 0.2) is 0 Å². The zero-order valence-electron chi connectivity index (χ0n) is 6.05. The fraction of sp³-hybridized carbons (Fsp3) is 0.857. The van der Waals surface area contributed by atoms with Gasteiger partial charge in [-0.1, -0.05) is 12.8 Å². The second-order valence-corrected chi connectivity index (χ2v) is 2.96. The molecule has 0 aromatic rings. The summed E-state index contributed by atoms with van der Waals surface area (Å²) in [5.41, 5.74) is 0. The summed E-state index contributed by atoms with van der Waals surface area (Å²) in [5, 5.41) is 18.6. The van der Waals surface area contributed by atoms with Crippen LogP contribution in [0, 0.1) is 10.7 Å². The van der Waals surface area contributed by atoms with Crippen LogP contribution >= 0.6 is 11.8 Å². The van der Waals surface area contributed by atoms with Crippen molar-refractivity contribution in [3.63, 3.8) is 0 Å². The quantitative estimate of drug-likeness (QED) is 0.474. The zero-order valence-corrected chi connectivity index (χ0v) is 6.86. The van der Waals surface area contributed by atoms with Crippen molar-refractivity contribution in [2.75, 3.05) is 12.4 Å². The normalized spacial score (nSPS) is 9.20. The summed E-state index contributed by atoms with van der Waals surface area (Å²) in [6, 6.07) is 0. The van der Waals surface area contributed by atoms with Gasteiger partial charge in [0.2, 0.25) is 0 Å². The Hall–Kier alpha value is -0.200. The smallest absolute Gasteiger partial charge is 0.133 e. The third-order valence-corrected chi connectivity index (χ3v) is 1.84. The predicted octanol–water partition coefficient (Wildman–Crippen LogP) is 1.75. The predicted molar refractivity (Wildman–Crippen MR) is 43.6 cm³/mol. The molecule has 1 N–H and O–H groups in total. The standard InChI is InChI=1S/C7H13NOS/c8-7-10-6-4-2-1-3-5-9/h9H,1-6H2. The van der Waals surface area contributed by atoms with Crippen molar-refractivity contribution in [2.45, 2.75) is 25.7 Å². The van der Waals surface area contributed by atoms with E-state index in [0.29, 0.717) is 6.61 Å². The highest BCUT2D eigenvalue weighted by Crippen LogP contribution is 2.05. The number of nitrogens with zero attached hydrogens (tertiary/aromatic N) is 1. The number of hydrogen-bond acceptors (Lipinski definition) is 3. The van der Waals surface area contributed by atoms with E-state index in [2.05, 4.69) is 0 Å². The molecule has 0 radical (unpaired) electrons. The van der Waals surface area contributed by atoms with Crippen LogP contribution in [-0.4, -0.2) is 17.5 Å². The number of rotatable bonds is 6. The highest BCUT2D eigenvalue weighted by atomic mass is 32.2. The van der Waals surface area contributed by atoms with Gasteiger partial charge in [0.05, 0.1) is 0 Å². The minimum atomic E-state index is 0.297. The lowest BCUT2D eigenvalue weighted by atomic mass is 10.2. The van der Waals surface area contributed by atoms with Crippen LogP contribution in [0.4, 0.5) is 0 Å². The third kappa shape index (κ3) is 7.80. The molecule has 0 fully saturated rings. The Morgan fingerprint density at radius 1 is 1.20 bits per heavy atom. The molecule has 0 saturated heterocycles. The Morgan fingerprint density at radius 3 is 2.50 bits per heavy atom. The van der Waals surface area contributed by atoms with E-state index in [1.165, 1.54) is 11.8 Å². The van der Waals surface area contributed by atoms with E-state index in [-0.39, 0.29) is 0 Å². The van der Waals surface area contributed by atoms with Gasteiger partial charge >= 0.3 is 0 Å². The molecule has 0 aromatic carbocycles. The number of thiocyanates is 1. The highest BCUT2D eigenvalue weighted by molar-refractivity contribution is 8.03. The van der Waals surface area contributed by atoms with Crippen molar-refractivity contribution in [2.24, 2.45) is 0 Å². The molecule has 3 heteroatoms. The lowest BCUT2D eigenvalue weighted by molar-refractivity contribution is 0.283. The van der Waals surface area contributed by atoms with Crippen LogP contribution in [0.15, 0.2) is 0 Å². The molecule has 0 aliphatic rings. The van der Waals surface area contributed by atoms with Crippen LogP contribution in [0.5, 0.6) is 0 Å². The Morgan fingerprint density at radius 2 is 1.90 bits per heavy atom. The van der Waals surface area contributed by atoms with E-state index < -0.39 is 0 Å². The van der Waals surface area contributed by atoms with E-state index >= 15 is 0 Å². The lowest BCUT2D eigenvalue weighted by Gasteiger charge is -1.94. The van der Waals surface area contributed by atoms with Crippen LogP contribution in [0.1, 0.15) is 25.7 Å². The van der Waals surface area contributed by atoms with E-state index in [0.717, 1.165) is 31.4 Å². The van der Waals surface area contributed by atoms with Gasteiger partial charge in [-0.15, -0.1) is 0 Å². The van der Waals surface area contributed by atoms with Gasteiger partial charge in [0, 0.05) is 12.4 Å². The van der Waals surface area contributed by atoms with Gasteiger partial charge in [-0.2, -0.15) is 5.26 Å². The molecule has 0 rings (SSSR count). The number of nitriles is 1. The number of thioether (sulfide) groups is 1. The van der Waals surface area contributed by atoms with Crippen molar-refractivity contribution in [3.05, 3.63) is 0 Å². The molecule has 0 aliphatic carbocycles. The molecule has 0 spiro atoms. The summed E-state index contributed by atoms with van der Waals surface area (Å²) in [4.78, 5) is 0. The van der Waals surface area contributed by atoms with Gasteiger partial charge in [0.1, 0.15) is 5.40 Å². The fourth-order valence-electron chi connectivity index (χ4n) is 0.685. The Balaban J connectivity index is 2.72. The fourth-order valence-corrected chi connectivity index (χ4v) is 1.12. The van der Waals surface area contributed by atoms with Crippen LogP contribution < -0.4 is 0 Å². The van der Waals surface area contributed by atoms with Crippen molar-refractivity contribution in [1.82, 2.24) is 0 Å². The van der Waals surface area contributed by atoms with Crippen molar-refractivity contribution >= 4 is 11.8 Å². The topological polar surface area (TPSA) is 44.0 Å². The number of aliphatic hydroxyl groups is 1. The molecule has 0 saturated carbocycles. The van der Waals surface area contributed by atoms with E-state index in [4.69, 9.17) is 10.4 Å². The average molecular weight is 159 g/mol. The van der Waals surface area contributed by atoms with Crippen molar-refractivity contribution in [1.29, 1.82) is 5.26 Å². The van der Waals surface area contributed by atoms with E-state index in [1.54, 1.807) is 0 Å². The van der Waals surface area contributed by atoms with Gasteiger partial charge < -0.3 is 5.11 Å².